The number of hydrogen-bond donors (Lipinski definition) is 1. The van der Waals surface area contributed by atoms with Gasteiger partial charge in [-0.2, -0.15) is 0 Å². The van der Waals surface area contributed by atoms with Gasteiger partial charge in [-0.3, -0.25) is 4.79 Å². The third kappa shape index (κ3) is 3.45. The number of benzene rings is 2. The van der Waals surface area contributed by atoms with E-state index >= 15 is 0 Å². The highest BCUT2D eigenvalue weighted by Gasteiger charge is 2.25. The standard InChI is InChI=1S/C18H18FNO2/c19-16-7-5-13(6-8-16)9-10-20-18(21)15-11-14-3-1-2-4-17(14)22-12-15/h1-8,15H,9-12H2,(H,20,21). The lowest BCUT2D eigenvalue weighted by Crippen LogP contribution is -2.38. The van der Waals surface area contributed by atoms with Gasteiger partial charge in [0.05, 0.1) is 5.92 Å². The smallest absolute Gasteiger partial charge is 0.226 e. The molecule has 1 N–H and O–H groups in total. The molecule has 0 bridgehead atoms. The fourth-order valence-electron chi connectivity index (χ4n) is 2.62. The van der Waals surface area contributed by atoms with E-state index < -0.39 is 0 Å². The molecule has 1 aliphatic rings. The molecule has 4 heteroatoms. The molecule has 0 fully saturated rings. The van der Waals surface area contributed by atoms with Gasteiger partial charge >= 0.3 is 0 Å². The third-order valence-electron chi connectivity index (χ3n) is 3.88. The summed E-state index contributed by atoms with van der Waals surface area (Å²) in [6.07, 6.45) is 1.40. The quantitative estimate of drug-likeness (QED) is 0.942. The third-order valence-corrected chi connectivity index (χ3v) is 3.88. The molecule has 0 aromatic heterocycles. The zero-order chi connectivity index (χ0) is 15.4. The average Bonchev–Trinajstić information content (AvgIpc) is 2.56. The van der Waals surface area contributed by atoms with Crippen LogP contribution in [0.1, 0.15) is 11.1 Å². The zero-order valence-electron chi connectivity index (χ0n) is 12.2. The van der Waals surface area contributed by atoms with Gasteiger partial charge < -0.3 is 10.1 Å². The predicted octanol–water partition coefficient (Wildman–Crippen LogP) is 2.74. The molecule has 22 heavy (non-hydrogen) atoms. The highest BCUT2D eigenvalue weighted by atomic mass is 19.1. The number of amides is 1. The van der Waals surface area contributed by atoms with Gasteiger partial charge in [0.1, 0.15) is 18.2 Å². The summed E-state index contributed by atoms with van der Waals surface area (Å²) in [5.41, 5.74) is 2.08. The first kappa shape index (κ1) is 14.6. The van der Waals surface area contributed by atoms with E-state index in [1.807, 2.05) is 24.3 Å². The minimum Gasteiger partial charge on any atom is -0.492 e. The van der Waals surface area contributed by atoms with Crippen LogP contribution in [0.25, 0.3) is 0 Å². The second-order valence-electron chi connectivity index (χ2n) is 5.49. The Bertz CT molecular complexity index is 654. The number of carbonyl (C=O) groups excluding carboxylic acids is 1. The van der Waals surface area contributed by atoms with Crippen molar-refractivity contribution in [1.29, 1.82) is 0 Å². The molecule has 1 heterocycles. The first-order valence-corrected chi connectivity index (χ1v) is 7.45. The number of para-hydroxylation sites is 1. The lowest BCUT2D eigenvalue weighted by Gasteiger charge is -2.24. The van der Waals surface area contributed by atoms with Crippen LogP contribution < -0.4 is 10.1 Å². The van der Waals surface area contributed by atoms with E-state index in [1.54, 1.807) is 12.1 Å². The van der Waals surface area contributed by atoms with E-state index in [4.69, 9.17) is 4.74 Å². The van der Waals surface area contributed by atoms with Crippen molar-refractivity contribution in [1.82, 2.24) is 5.32 Å². The molecule has 2 aromatic carbocycles. The number of rotatable bonds is 4. The van der Waals surface area contributed by atoms with E-state index in [-0.39, 0.29) is 17.6 Å². The molecule has 1 aliphatic heterocycles. The monoisotopic (exact) mass is 299 g/mol. The number of halogens is 1. The predicted molar refractivity (Wildman–Crippen MR) is 82.2 cm³/mol. The van der Waals surface area contributed by atoms with E-state index in [1.165, 1.54) is 12.1 Å². The zero-order valence-corrected chi connectivity index (χ0v) is 12.2. The van der Waals surface area contributed by atoms with Crippen LogP contribution in [0.3, 0.4) is 0 Å². The van der Waals surface area contributed by atoms with Gasteiger partial charge in [-0.1, -0.05) is 30.3 Å². The molecule has 1 amide bonds. The number of nitrogens with one attached hydrogen (secondary N) is 1. The molecule has 0 spiro atoms. The highest BCUT2D eigenvalue weighted by molar-refractivity contribution is 5.79. The molecule has 0 saturated carbocycles. The average molecular weight is 299 g/mol. The second-order valence-corrected chi connectivity index (χ2v) is 5.49. The maximum atomic E-state index is 12.8. The van der Waals surface area contributed by atoms with Crippen molar-refractivity contribution in [3.63, 3.8) is 0 Å². The molecule has 114 valence electrons. The van der Waals surface area contributed by atoms with Crippen LogP contribution in [0.2, 0.25) is 0 Å². The first-order valence-electron chi connectivity index (χ1n) is 7.45. The Hall–Kier alpha value is -2.36. The van der Waals surface area contributed by atoms with Gasteiger partial charge in [0.15, 0.2) is 0 Å². The Balaban J connectivity index is 1.50. The Morgan fingerprint density at radius 3 is 2.77 bits per heavy atom. The summed E-state index contributed by atoms with van der Waals surface area (Å²) >= 11 is 0. The maximum Gasteiger partial charge on any atom is 0.226 e. The molecule has 3 nitrogen and oxygen atoms in total. The van der Waals surface area contributed by atoms with Crippen LogP contribution in [-0.4, -0.2) is 19.1 Å². The first-order chi connectivity index (χ1) is 10.7. The van der Waals surface area contributed by atoms with Crippen LogP contribution in [0.15, 0.2) is 48.5 Å². The largest absolute Gasteiger partial charge is 0.492 e. The molecule has 0 aliphatic carbocycles. The lowest BCUT2D eigenvalue weighted by atomic mass is 9.96. The summed E-state index contributed by atoms with van der Waals surface area (Å²) in [5.74, 6) is 0.489. The highest BCUT2D eigenvalue weighted by Crippen LogP contribution is 2.26. The van der Waals surface area contributed by atoms with Crippen molar-refractivity contribution < 1.29 is 13.9 Å². The van der Waals surface area contributed by atoms with Crippen LogP contribution >= 0.6 is 0 Å². The molecular formula is C18H18FNO2. The van der Waals surface area contributed by atoms with Crippen LogP contribution in [-0.2, 0) is 17.6 Å². The lowest BCUT2D eigenvalue weighted by molar-refractivity contribution is -0.126. The van der Waals surface area contributed by atoms with Crippen molar-refractivity contribution in [2.45, 2.75) is 12.8 Å². The number of fused-ring (bicyclic) bond motifs is 1. The minimum absolute atomic E-state index is 0.0108. The van der Waals surface area contributed by atoms with Crippen LogP contribution in [0.5, 0.6) is 5.75 Å². The van der Waals surface area contributed by atoms with E-state index in [0.29, 0.717) is 26.0 Å². The summed E-state index contributed by atoms with van der Waals surface area (Å²) in [6.45, 7) is 0.960. The Morgan fingerprint density at radius 1 is 1.18 bits per heavy atom. The molecular weight excluding hydrogens is 281 g/mol. The normalized spacial score (nSPS) is 16.5. The van der Waals surface area contributed by atoms with Gasteiger partial charge in [-0.15, -0.1) is 0 Å². The molecule has 0 saturated heterocycles. The fourth-order valence-corrected chi connectivity index (χ4v) is 2.62. The van der Waals surface area contributed by atoms with Gasteiger partial charge in [-0.05, 0) is 42.2 Å². The van der Waals surface area contributed by atoms with E-state index in [0.717, 1.165) is 16.9 Å². The summed E-state index contributed by atoms with van der Waals surface area (Å²) in [6, 6.07) is 14.2. The molecule has 0 radical (unpaired) electrons. The van der Waals surface area contributed by atoms with Crippen molar-refractivity contribution in [2.75, 3.05) is 13.2 Å². The minimum atomic E-state index is -0.245. The SMILES string of the molecule is O=C(NCCc1ccc(F)cc1)C1COc2ccccc2C1. The Kier molecular flexibility index (Phi) is 4.37. The summed E-state index contributed by atoms with van der Waals surface area (Å²) in [5, 5.41) is 2.93. The van der Waals surface area contributed by atoms with Crippen LogP contribution in [0, 0.1) is 11.7 Å². The van der Waals surface area contributed by atoms with Gasteiger partial charge in [0.2, 0.25) is 5.91 Å². The van der Waals surface area contributed by atoms with Crippen molar-refractivity contribution in [2.24, 2.45) is 5.92 Å². The number of carbonyl (C=O) groups is 1. The topological polar surface area (TPSA) is 38.3 Å². The summed E-state index contributed by atoms with van der Waals surface area (Å²) < 4.78 is 18.5. The maximum absolute atomic E-state index is 12.8. The van der Waals surface area contributed by atoms with Gasteiger partial charge in [0.25, 0.3) is 0 Å². The number of hydrogen-bond acceptors (Lipinski definition) is 2. The van der Waals surface area contributed by atoms with E-state index in [9.17, 15) is 9.18 Å². The fraction of sp³-hybridized carbons (Fsp3) is 0.278. The molecule has 3 rings (SSSR count). The van der Waals surface area contributed by atoms with Crippen LogP contribution in [0.4, 0.5) is 4.39 Å². The van der Waals surface area contributed by atoms with Crippen molar-refractivity contribution >= 4 is 5.91 Å². The molecule has 1 unspecified atom stereocenters. The van der Waals surface area contributed by atoms with Crippen molar-refractivity contribution in [3.8, 4) is 5.75 Å². The van der Waals surface area contributed by atoms with Gasteiger partial charge in [0, 0.05) is 6.54 Å². The Morgan fingerprint density at radius 2 is 1.95 bits per heavy atom. The summed E-state index contributed by atoms with van der Waals surface area (Å²) in [7, 11) is 0. The second kappa shape index (κ2) is 6.60. The van der Waals surface area contributed by atoms with Gasteiger partial charge in [-0.25, -0.2) is 4.39 Å². The molecule has 1 atom stereocenters. The van der Waals surface area contributed by atoms with E-state index in [2.05, 4.69) is 5.32 Å². The summed E-state index contributed by atoms with van der Waals surface area (Å²) in [4.78, 5) is 12.2. The number of ether oxygens (including phenoxy) is 1. The van der Waals surface area contributed by atoms with Crippen molar-refractivity contribution in [3.05, 3.63) is 65.5 Å². The Labute approximate surface area is 129 Å². The molecule has 2 aromatic rings.